The highest BCUT2D eigenvalue weighted by Gasteiger charge is 2.34. The second-order valence-corrected chi connectivity index (χ2v) is 7.12. The van der Waals surface area contributed by atoms with E-state index in [4.69, 9.17) is 9.72 Å². The molecule has 2 rings (SSSR count). The summed E-state index contributed by atoms with van der Waals surface area (Å²) in [6, 6.07) is 0.445. The van der Waals surface area contributed by atoms with Gasteiger partial charge in [-0.05, 0) is 25.3 Å². The van der Waals surface area contributed by atoms with Crippen molar-refractivity contribution in [3.63, 3.8) is 0 Å². The number of fused-ring (bicyclic) bond motifs is 1. The fraction of sp³-hybridized carbons (Fsp3) is 0.786. The molecule has 1 aliphatic rings. The number of rotatable bonds is 5. The predicted octanol–water partition coefficient (Wildman–Crippen LogP) is 2.46. The van der Waals surface area contributed by atoms with Gasteiger partial charge in [0.15, 0.2) is 5.13 Å². The van der Waals surface area contributed by atoms with E-state index in [1.165, 1.54) is 17.0 Å². The number of methoxy groups -OCH3 is 1. The number of thiazole rings is 1. The van der Waals surface area contributed by atoms with Crippen molar-refractivity contribution < 1.29 is 4.74 Å². The molecule has 0 aliphatic heterocycles. The molecule has 0 bridgehead atoms. The van der Waals surface area contributed by atoms with E-state index in [-0.39, 0.29) is 0 Å². The highest BCUT2D eigenvalue weighted by Crippen LogP contribution is 2.44. The predicted molar refractivity (Wildman–Crippen MR) is 81.2 cm³/mol. The van der Waals surface area contributed by atoms with E-state index in [2.05, 4.69) is 31.1 Å². The third-order valence-electron chi connectivity index (χ3n) is 3.74. The van der Waals surface area contributed by atoms with Gasteiger partial charge in [-0.15, -0.1) is 0 Å². The normalized spacial score (nSPS) is 21.2. The molecule has 0 aromatic carbocycles. The molecule has 1 N–H and O–H groups in total. The summed E-state index contributed by atoms with van der Waals surface area (Å²) in [5, 5.41) is 4.55. The van der Waals surface area contributed by atoms with Gasteiger partial charge in [-0.25, -0.2) is 4.98 Å². The summed E-state index contributed by atoms with van der Waals surface area (Å²) < 4.78 is 5.13. The molecule has 0 radical (unpaired) electrons. The standard InChI is InChI=1S/C14H25N3OS/c1-14(2)8-10(15-3)12-11(9-14)16-13(19-12)17(4)6-7-18-5/h10,15H,6-9H2,1-5H3. The molecule has 1 aromatic heterocycles. The summed E-state index contributed by atoms with van der Waals surface area (Å²) in [4.78, 5) is 8.45. The van der Waals surface area contributed by atoms with Gasteiger partial charge in [0.25, 0.3) is 0 Å². The maximum Gasteiger partial charge on any atom is 0.185 e. The number of hydrogen-bond donors (Lipinski definition) is 1. The molecule has 1 aliphatic carbocycles. The van der Waals surface area contributed by atoms with Crippen LogP contribution in [0.3, 0.4) is 0 Å². The lowest BCUT2D eigenvalue weighted by atomic mass is 9.76. The first-order valence-corrected chi connectivity index (χ1v) is 7.65. The lowest BCUT2D eigenvalue weighted by molar-refractivity contribution is 0.206. The highest BCUT2D eigenvalue weighted by atomic mass is 32.1. The van der Waals surface area contributed by atoms with Crippen LogP contribution in [0.15, 0.2) is 0 Å². The third-order valence-corrected chi connectivity index (χ3v) is 5.07. The molecule has 1 heterocycles. The molecule has 0 fully saturated rings. The molecule has 19 heavy (non-hydrogen) atoms. The van der Waals surface area contributed by atoms with Crippen molar-refractivity contribution in [3.8, 4) is 0 Å². The minimum absolute atomic E-state index is 0.330. The molecule has 0 spiro atoms. The Labute approximate surface area is 120 Å². The Morgan fingerprint density at radius 1 is 1.53 bits per heavy atom. The fourth-order valence-electron chi connectivity index (χ4n) is 2.64. The molecule has 1 atom stereocenters. The molecule has 5 heteroatoms. The zero-order valence-corrected chi connectivity index (χ0v) is 13.4. The molecule has 1 aromatic rings. The zero-order chi connectivity index (χ0) is 14.0. The van der Waals surface area contributed by atoms with Crippen molar-refractivity contribution in [2.24, 2.45) is 5.41 Å². The maximum absolute atomic E-state index is 5.13. The summed E-state index contributed by atoms with van der Waals surface area (Å²) in [5.41, 5.74) is 1.61. The van der Waals surface area contributed by atoms with Crippen molar-refractivity contribution >= 4 is 16.5 Å². The first kappa shape index (κ1) is 14.8. The first-order valence-electron chi connectivity index (χ1n) is 6.84. The Hall–Kier alpha value is -0.650. The lowest BCUT2D eigenvalue weighted by Crippen LogP contribution is -2.30. The van der Waals surface area contributed by atoms with Gasteiger partial charge in [-0.1, -0.05) is 25.2 Å². The Morgan fingerprint density at radius 2 is 2.26 bits per heavy atom. The van der Waals surface area contributed by atoms with E-state index in [1.807, 2.05) is 18.4 Å². The Morgan fingerprint density at radius 3 is 2.89 bits per heavy atom. The number of hydrogen-bond acceptors (Lipinski definition) is 5. The van der Waals surface area contributed by atoms with Gasteiger partial charge < -0.3 is 15.0 Å². The molecule has 0 saturated heterocycles. The molecule has 0 saturated carbocycles. The third kappa shape index (κ3) is 3.27. The Bertz CT molecular complexity index is 430. The van der Waals surface area contributed by atoms with Gasteiger partial charge in [0.1, 0.15) is 0 Å². The first-order chi connectivity index (χ1) is 8.96. The summed E-state index contributed by atoms with van der Waals surface area (Å²) in [6.07, 6.45) is 2.26. The van der Waals surface area contributed by atoms with Crippen molar-refractivity contribution in [1.82, 2.24) is 10.3 Å². The van der Waals surface area contributed by atoms with Crippen molar-refractivity contribution in [2.45, 2.75) is 32.7 Å². The lowest BCUT2D eigenvalue weighted by Gasteiger charge is -2.34. The van der Waals surface area contributed by atoms with Crippen LogP contribution < -0.4 is 10.2 Å². The van der Waals surface area contributed by atoms with Gasteiger partial charge >= 0.3 is 0 Å². The number of anilines is 1. The second kappa shape index (κ2) is 5.77. The van der Waals surface area contributed by atoms with E-state index in [9.17, 15) is 0 Å². The van der Waals surface area contributed by atoms with Crippen LogP contribution in [0.2, 0.25) is 0 Å². The smallest absolute Gasteiger partial charge is 0.185 e. The van der Waals surface area contributed by atoms with E-state index < -0.39 is 0 Å². The average molecular weight is 283 g/mol. The summed E-state index contributed by atoms with van der Waals surface area (Å²) >= 11 is 1.82. The fourth-order valence-corrected chi connectivity index (χ4v) is 3.82. The van der Waals surface area contributed by atoms with Crippen LogP contribution in [0.4, 0.5) is 5.13 Å². The number of likely N-dealkylation sites (N-methyl/N-ethyl adjacent to an activating group) is 1. The van der Waals surface area contributed by atoms with Crippen LogP contribution in [0.1, 0.15) is 36.9 Å². The molecular weight excluding hydrogens is 258 g/mol. The summed E-state index contributed by atoms with van der Waals surface area (Å²) in [7, 11) is 5.87. The van der Waals surface area contributed by atoms with E-state index in [1.54, 1.807) is 7.11 Å². The van der Waals surface area contributed by atoms with Gasteiger partial charge in [-0.2, -0.15) is 0 Å². The minimum Gasteiger partial charge on any atom is -0.383 e. The maximum atomic E-state index is 5.13. The minimum atomic E-state index is 0.330. The topological polar surface area (TPSA) is 37.4 Å². The van der Waals surface area contributed by atoms with Crippen LogP contribution in [0.25, 0.3) is 0 Å². The molecule has 0 amide bonds. The Kier molecular flexibility index (Phi) is 4.48. The SMILES string of the molecule is CNC1CC(C)(C)Cc2nc(N(C)CCOC)sc21. The average Bonchev–Trinajstić information content (AvgIpc) is 2.77. The van der Waals surface area contributed by atoms with Gasteiger partial charge in [0.05, 0.1) is 12.3 Å². The van der Waals surface area contributed by atoms with Crippen molar-refractivity contribution in [1.29, 1.82) is 0 Å². The van der Waals surface area contributed by atoms with Crippen molar-refractivity contribution in [2.75, 3.05) is 39.3 Å². The van der Waals surface area contributed by atoms with E-state index in [0.29, 0.717) is 11.5 Å². The zero-order valence-electron chi connectivity index (χ0n) is 12.6. The van der Waals surface area contributed by atoms with Crippen molar-refractivity contribution in [3.05, 3.63) is 10.6 Å². The largest absolute Gasteiger partial charge is 0.383 e. The van der Waals surface area contributed by atoms with Gasteiger partial charge in [0, 0.05) is 31.6 Å². The molecule has 1 unspecified atom stereocenters. The quantitative estimate of drug-likeness (QED) is 0.901. The Balaban J connectivity index is 2.21. The monoisotopic (exact) mass is 283 g/mol. The number of nitrogens with one attached hydrogen (secondary N) is 1. The number of ether oxygens (including phenoxy) is 1. The molecular formula is C14H25N3OS. The van der Waals surface area contributed by atoms with E-state index >= 15 is 0 Å². The molecule has 4 nitrogen and oxygen atoms in total. The number of aromatic nitrogens is 1. The second-order valence-electron chi connectivity index (χ2n) is 6.11. The summed E-state index contributed by atoms with van der Waals surface area (Å²) in [5.74, 6) is 0. The van der Waals surface area contributed by atoms with Gasteiger partial charge in [0.2, 0.25) is 0 Å². The summed E-state index contributed by atoms with van der Waals surface area (Å²) in [6.45, 7) is 6.28. The van der Waals surface area contributed by atoms with E-state index in [0.717, 1.165) is 24.7 Å². The van der Waals surface area contributed by atoms with Crippen LogP contribution in [0.5, 0.6) is 0 Å². The number of nitrogens with zero attached hydrogens (tertiary/aromatic N) is 2. The van der Waals surface area contributed by atoms with Crippen LogP contribution >= 0.6 is 11.3 Å². The van der Waals surface area contributed by atoms with Gasteiger partial charge in [-0.3, -0.25) is 0 Å². The van der Waals surface area contributed by atoms with Crippen LogP contribution in [-0.2, 0) is 11.2 Å². The molecule has 108 valence electrons. The van der Waals surface area contributed by atoms with Crippen LogP contribution in [-0.4, -0.2) is 39.3 Å². The van der Waals surface area contributed by atoms with Crippen LogP contribution in [0, 0.1) is 5.41 Å². The highest BCUT2D eigenvalue weighted by molar-refractivity contribution is 7.15.